The lowest BCUT2D eigenvalue weighted by Crippen LogP contribution is -2.41. The summed E-state index contributed by atoms with van der Waals surface area (Å²) in [6, 6.07) is 0.0994. The first-order valence-corrected chi connectivity index (χ1v) is 9.62. The SMILES string of the molecule is Cl.NC1CCCC(C(=O)NCCS(=O)(=O)NCC2CCC2)C1. The van der Waals surface area contributed by atoms with E-state index in [1.54, 1.807) is 0 Å². The molecule has 0 aromatic heterocycles. The Morgan fingerprint density at radius 2 is 1.82 bits per heavy atom. The van der Waals surface area contributed by atoms with Gasteiger partial charge in [0, 0.05) is 25.0 Å². The molecule has 0 aromatic carbocycles. The van der Waals surface area contributed by atoms with Gasteiger partial charge in [-0.3, -0.25) is 4.79 Å². The first-order chi connectivity index (χ1) is 9.96. The summed E-state index contributed by atoms with van der Waals surface area (Å²) in [6.45, 7) is 0.707. The van der Waals surface area contributed by atoms with E-state index in [0.717, 1.165) is 32.1 Å². The molecule has 1 amide bonds. The standard InChI is InChI=1S/C14H27N3O3S.ClH/c15-13-6-2-5-12(9-13)14(18)16-7-8-21(19,20)17-10-11-3-1-4-11;/h11-13,17H,1-10,15H2,(H,16,18);1H. The number of nitrogens with one attached hydrogen (secondary N) is 2. The van der Waals surface area contributed by atoms with E-state index in [1.807, 2.05) is 0 Å². The predicted molar refractivity (Wildman–Crippen MR) is 89.3 cm³/mol. The smallest absolute Gasteiger partial charge is 0.223 e. The fourth-order valence-corrected chi connectivity index (χ4v) is 3.94. The van der Waals surface area contributed by atoms with Gasteiger partial charge in [-0.25, -0.2) is 13.1 Å². The quantitative estimate of drug-likeness (QED) is 0.629. The Bertz CT molecular complexity index is 454. The van der Waals surface area contributed by atoms with Gasteiger partial charge in [0.15, 0.2) is 0 Å². The molecule has 22 heavy (non-hydrogen) atoms. The molecule has 4 N–H and O–H groups in total. The van der Waals surface area contributed by atoms with E-state index in [-0.39, 0.29) is 42.6 Å². The molecule has 6 nitrogen and oxygen atoms in total. The Balaban J connectivity index is 0.00000242. The first-order valence-electron chi connectivity index (χ1n) is 7.97. The molecule has 0 aliphatic heterocycles. The average Bonchev–Trinajstić information content (AvgIpc) is 2.36. The summed E-state index contributed by atoms with van der Waals surface area (Å²) in [5, 5.41) is 2.73. The molecule has 2 saturated carbocycles. The maximum atomic E-state index is 12.0. The molecule has 0 heterocycles. The first kappa shape index (κ1) is 19.7. The van der Waals surface area contributed by atoms with E-state index in [0.29, 0.717) is 18.9 Å². The summed E-state index contributed by atoms with van der Waals surface area (Å²) in [5.41, 5.74) is 5.86. The van der Waals surface area contributed by atoms with Gasteiger partial charge in [-0.2, -0.15) is 0 Å². The molecule has 0 aromatic rings. The predicted octanol–water partition coefficient (Wildman–Crippen LogP) is 0.761. The largest absolute Gasteiger partial charge is 0.355 e. The molecular formula is C14H28ClN3O3S. The number of sulfonamides is 1. The highest BCUT2D eigenvalue weighted by atomic mass is 35.5. The van der Waals surface area contributed by atoms with Gasteiger partial charge in [0.25, 0.3) is 0 Å². The third-order valence-electron chi connectivity index (χ3n) is 4.57. The van der Waals surface area contributed by atoms with Crippen molar-refractivity contribution < 1.29 is 13.2 Å². The van der Waals surface area contributed by atoms with Crippen LogP contribution >= 0.6 is 12.4 Å². The zero-order valence-corrected chi connectivity index (χ0v) is 14.6. The number of carbonyl (C=O) groups is 1. The van der Waals surface area contributed by atoms with E-state index in [1.165, 1.54) is 6.42 Å². The van der Waals surface area contributed by atoms with Crippen molar-refractivity contribution in [3.8, 4) is 0 Å². The highest BCUT2D eigenvalue weighted by Gasteiger charge is 2.25. The molecule has 130 valence electrons. The van der Waals surface area contributed by atoms with Gasteiger partial charge in [0.2, 0.25) is 15.9 Å². The maximum absolute atomic E-state index is 12.0. The average molecular weight is 354 g/mol. The van der Waals surface area contributed by atoms with E-state index in [9.17, 15) is 13.2 Å². The Hall–Kier alpha value is -0.370. The molecule has 0 saturated heterocycles. The van der Waals surface area contributed by atoms with E-state index in [4.69, 9.17) is 5.73 Å². The third-order valence-corrected chi connectivity index (χ3v) is 5.92. The molecule has 2 unspecified atom stereocenters. The van der Waals surface area contributed by atoms with Crippen molar-refractivity contribution in [3.63, 3.8) is 0 Å². The van der Waals surface area contributed by atoms with Gasteiger partial charge in [-0.05, 0) is 38.0 Å². The summed E-state index contributed by atoms with van der Waals surface area (Å²) in [7, 11) is -3.28. The van der Waals surface area contributed by atoms with Crippen molar-refractivity contribution in [3.05, 3.63) is 0 Å². The van der Waals surface area contributed by atoms with Crippen molar-refractivity contribution >= 4 is 28.3 Å². The third kappa shape index (κ3) is 6.40. The minimum atomic E-state index is -3.28. The fraction of sp³-hybridized carbons (Fsp3) is 0.929. The molecule has 2 rings (SSSR count). The number of amides is 1. The summed E-state index contributed by atoms with van der Waals surface area (Å²) in [4.78, 5) is 12.0. The normalized spacial score (nSPS) is 25.9. The lowest BCUT2D eigenvalue weighted by Gasteiger charge is -2.26. The van der Waals surface area contributed by atoms with Crippen LogP contribution in [0.2, 0.25) is 0 Å². The number of hydrogen-bond donors (Lipinski definition) is 3. The fourth-order valence-electron chi connectivity index (χ4n) is 2.93. The minimum absolute atomic E-state index is 0. The summed E-state index contributed by atoms with van der Waals surface area (Å²) in [5.74, 6) is 0.335. The highest BCUT2D eigenvalue weighted by Crippen LogP contribution is 2.25. The highest BCUT2D eigenvalue weighted by molar-refractivity contribution is 7.89. The van der Waals surface area contributed by atoms with Crippen molar-refractivity contribution in [2.24, 2.45) is 17.6 Å². The summed E-state index contributed by atoms with van der Waals surface area (Å²) >= 11 is 0. The monoisotopic (exact) mass is 353 g/mol. The van der Waals surface area contributed by atoms with Crippen molar-refractivity contribution in [1.82, 2.24) is 10.0 Å². The van der Waals surface area contributed by atoms with Crippen molar-refractivity contribution in [2.75, 3.05) is 18.8 Å². The molecular weight excluding hydrogens is 326 g/mol. The number of halogens is 1. The molecule has 0 spiro atoms. The molecule has 2 fully saturated rings. The molecule has 2 atom stereocenters. The van der Waals surface area contributed by atoms with E-state index < -0.39 is 10.0 Å². The Kier molecular flexibility index (Phi) is 8.10. The number of carbonyl (C=O) groups excluding carboxylic acids is 1. The Labute approximate surface area is 139 Å². The van der Waals surface area contributed by atoms with Crippen LogP contribution in [-0.4, -0.2) is 39.2 Å². The van der Waals surface area contributed by atoms with E-state index in [2.05, 4.69) is 10.0 Å². The second-order valence-electron chi connectivity index (χ2n) is 6.38. The van der Waals surface area contributed by atoms with Crippen LogP contribution in [0.1, 0.15) is 44.9 Å². The van der Waals surface area contributed by atoms with Gasteiger partial charge in [0.05, 0.1) is 5.75 Å². The molecule has 0 bridgehead atoms. The lowest BCUT2D eigenvalue weighted by molar-refractivity contribution is -0.125. The minimum Gasteiger partial charge on any atom is -0.355 e. The summed E-state index contributed by atoms with van der Waals surface area (Å²) in [6.07, 6.45) is 6.93. The number of hydrogen-bond acceptors (Lipinski definition) is 4. The molecule has 2 aliphatic rings. The molecule has 2 aliphatic carbocycles. The van der Waals surface area contributed by atoms with Crippen LogP contribution in [-0.2, 0) is 14.8 Å². The van der Waals surface area contributed by atoms with Crippen LogP contribution < -0.4 is 15.8 Å². The van der Waals surface area contributed by atoms with Crippen molar-refractivity contribution in [1.29, 1.82) is 0 Å². The van der Waals surface area contributed by atoms with Gasteiger partial charge in [0.1, 0.15) is 0 Å². The van der Waals surface area contributed by atoms with Gasteiger partial charge < -0.3 is 11.1 Å². The zero-order chi connectivity index (χ0) is 15.3. The molecule has 0 radical (unpaired) electrons. The maximum Gasteiger partial charge on any atom is 0.223 e. The second kappa shape index (κ2) is 9.05. The Morgan fingerprint density at radius 3 is 2.41 bits per heavy atom. The summed E-state index contributed by atoms with van der Waals surface area (Å²) < 4.78 is 26.2. The van der Waals surface area contributed by atoms with Gasteiger partial charge in [-0.1, -0.05) is 12.8 Å². The van der Waals surface area contributed by atoms with E-state index >= 15 is 0 Å². The van der Waals surface area contributed by atoms with Gasteiger partial charge in [-0.15, -0.1) is 12.4 Å². The Morgan fingerprint density at radius 1 is 1.14 bits per heavy atom. The van der Waals surface area contributed by atoms with Crippen LogP contribution in [0.25, 0.3) is 0 Å². The van der Waals surface area contributed by atoms with Gasteiger partial charge >= 0.3 is 0 Å². The lowest BCUT2D eigenvalue weighted by atomic mass is 9.85. The van der Waals surface area contributed by atoms with Crippen LogP contribution in [0.4, 0.5) is 0 Å². The van der Waals surface area contributed by atoms with Crippen LogP contribution in [0.3, 0.4) is 0 Å². The molecule has 8 heteroatoms. The zero-order valence-electron chi connectivity index (χ0n) is 12.9. The van der Waals surface area contributed by atoms with Crippen LogP contribution in [0.5, 0.6) is 0 Å². The van der Waals surface area contributed by atoms with Crippen LogP contribution in [0.15, 0.2) is 0 Å². The number of rotatable bonds is 7. The van der Waals surface area contributed by atoms with Crippen LogP contribution in [0, 0.1) is 11.8 Å². The van der Waals surface area contributed by atoms with Crippen molar-refractivity contribution in [2.45, 2.75) is 51.0 Å². The number of nitrogens with two attached hydrogens (primary N) is 1. The second-order valence-corrected chi connectivity index (χ2v) is 8.31. The topological polar surface area (TPSA) is 101 Å².